The van der Waals surface area contributed by atoms with Gasteiger partial charge in [-0.15, -0.1) is 0 Å². The van der Waals surface area contributed by atoms with Gasteiger partial charge in [0.1, 0.15) is 0 Å². The molecule has 1 aromatic carbocycles. The molecular formula is C12H13N. The third kappa shape index (κ3) is 0.998. The van der Waals surface area contributed by atoms with Gasteiger partial charge in [0.05, 0.1) is 0 Å². The highest BCUT2D eigenvalue weighted by Gasteiger charge is 2.29. The second kappa shape index (κ2) is 2.63. The maximum absolute atomic E-state index is 3.49. The normalized spacial score (nSPS) is 29.2. The van der Waals surface area contributed by atoms with Crippen molar-refractivity contribution >= 4 is 5.69 Å². The fourth-order valence-corrected chi connectivity index (χ4v) is 2.46. The summed E-state index contributed by atoms with van der Waals surface area (Å²) in [5.74, 6) is 1.48. The Labute approximate surface area is 78.5 Å². The molecule has 1 heteroatoms. The van der Waals surface area contributed by atoms with Crippen LogP contribution in [0.5, 0.6) is 0 Å². The molecule has 2 unspecified atom stereocenters. The highest BCUT2D eigenvalue weighted by molar-refractivity contribution is 5.57. The van der Waals surface area contributed by atoms with E-state index >= 15 is 0 Å². The van der Waals surface area contributed by atoms with Gasteiger partial charge in [-0.05, 0) is 24.0 Å². The van der Waals surface area contributed by atoms with E-state index < -0.39 is 0 Å². The van der Waals surface area contributed by atoms with Gasteiger partial charge in [-0.1, -0.05) is 30.4 Å². The van der Waals surface area contributed by atoms with Crippen LogP contribution in [0.3, 0.4) is 0 Å². The SMILES string of the molecule is C1=CC2c3ccccc3NCC2C1. The van der Waals surface area contributed by atoms with E-state index in [2.05, 4.69) is 41.7 Å². The standard InChI is InChI=1S/C12H13N/c1-2-7-12-11(5-1)10-6-3-4-9(10)8-13-12/h1-3,5-7,9-10,13H,4,8H2. The van der Waals surface area contributed by atoms with E-state index in [4.69, 9.17) is 0 Å². The monoisotopic (exact) mass is 171 g/mol. The zero-order chi connectivity index (χ0) is 8.67. The van der Waals surface area contributed by atoms with Crippen LogP contribution >= 0.6 is 0 Å². The van der Waals surface area contributed by atoms with Crippen molar-refractivity contribution in [3.63, 3.8) is 0 Å². The van der Waals surface area contributed by atoms with Crippen molar-refractivity contribution in [2.75, 3.05) is 11.9 Å². The third-order valence-electron chi connectivity index (χ3n) is 3.16. The Morgan fingerprint density at radius 1 is 1.23 bits per heavy atom. The van der Waals surface area contributed by atoms with Crippen LogP contribution < -0.4 is 5.32 Å². The summed E-state index contributed by atoms with van der Waals surface area (Å²) in [6, 6.07) is 8.66. The predicted octanol–water partition coefficient (Wildman–Crippen LogP) is 2.77. The Hall–Kier alpha value is -1.24. The molecule has 13 heavy (non-hydrogen) atoms. The molecule has 1 aliphatic carbocycles. The van der Waals surface area contributed by atoms with Crippen LogP contribution in [0.2, 0.25) is 0 Å². The van der Waals surface area contributed by atoms with E-state index in [1.165, 1.54) is 17.7 Å². The van der Waals surface area contributed by atoms with Gasteiger partial charge < -0.3 is 5.32 Å². The molecule has 0 spiro atoms. The molecule has 1 nitrogen and oxygen atoms in total. The number of fused-ring (bicyclic) bond motifs is 3. The summed E-state index contributed by atoms with van der Waals surface area (Å²) in [5.41, 5.74) is 2.81. The van der Waals surface area contributed by atoms with Gasteiger partial charge >= 0.3 is 0 Å². The Morgan fingerprint density at radius 2 is 2.15 bits per heavy atom. The number of allylic oxidation sites excluding steroid dienone is 2. The quantitative estimate of drug-likeness (QED) is 0.592. The van der Waals surface area contributed by atoms with E-state index in [-0.39, 0.29) is 0 Å². The Morgan fingerprint density at radius 3 is 3.15 bits per heavy atom. The average Bonchev–Trinajstić information content (AvgIpc) is 2.65. The summed E-state index contributed by atoms with van der Waals surface area (Å²) in [7, 11) is 0. The van der Waals surface area contributed by atoms with Crippen molar-refractivity contribution in [1.29, 1.82) is 0 Å². The molecule has 0 saturated carbocycles. The molecule has 2 aliphatic rings. The summed E-state index contributed by atoms with van der Waals surface area (Å²) in [5, 5.41) is 3.49. The van der Waals surface area contributed by atoms with Gasteiger partial charge in [0, 0.05) is 18.2 Å². The molecule has 1 heterocycles. The molecule has 1 aliphatic heterocycles. The second-order valence-corrected chi connectivity index (χ2v) is 3.92. The second-order valence-electron chi connectivity index (χ2n) is 3.92. The van der Waals surface area contributed by atoms with Crippen LogP contribution in [0.15, 0.2) is 36.4 Å². The van der Waals surface area contributed by atoms with Crippen LogP contribution in [-0.4, -0.2) is 6.54 Å². The molecule has 0 aromatic heterocycles. The molecule has 2 atom stereocenters. The largest absolute Gasteiger partial charge is 0.384 e. The first-order chi connectivity index (χ1) is 6.45. The van der Waals surface area contributed by atoms with Crippen molar-refractivity contribution in [3.05, 3.63) is 42.0 Å². The number of benzene rings is 1. The van der Waals surface area contributed by atoms with Crippen molar-refractivity contribution in [3.8, 4) is 0 Å². The van der Waals surface area contributed by atoms with Crippen LogP contribution in [0, 0.1) is 5.92 Å². The molecule has 66 valence electrons. The first kappa shape index (κ1) is 7.19. The summed E-state index contributed by atoms with van der Waals surface area (Å²) in [4.78, 5) is 0. The smallest absolute Gasteiger partial charge is 0.0378 e. The van der Waals surface area contributed by atoms with Gasteiger partial charge in [0.2, 0.25) is 0 Å². The molecule has 0 saturated heterocycles. The summed E-state index contributed by atoms with van der Waals surface area (Å²) < 4.78 is 0. The summed E-state index contributed by atoms with van der Waals surface area (Å²) >= 11 is 0. The lowest BCUT2D eigenvalue weighted by atomic mass is 9.85. The zero-order valence-corrected chi connectivity index (χ0v) is 7.53. The molecule has 0 amide bonds. The Balaban J connectivity index is 2.10. The van der Waals surface area contributed by atoms with E-state index in [1.54, 1.807) is 0 Å². The van der Waals surface area contributed by atoms with Crippen LogP contribution in [-0.2, 0) is 0 Å². The van der Waals surface area contributed by atoms with E-state index in [0.29, 0.717) is 5.92 Å². The molecule has 0 bridgehead atoms. The van der Waals surface area contributed by atoms with Crippen LogP contribution in [0.1, 0.15) is 17.9 Å². The average molecular weight is 171 g/mol. The first-order valence-corrected chi connectivity index (χ1v) is 4.94. The van der Waals surface area contributed by atoms with Gasteiger partial charge in [0.15, 0.2) is 0 Å². The van der Waals surface area contributed by atoms with Crippen molar-refractivity contribution in [2.45, 2.75) is 12.3 Å². The molecule has 3 rings (SSSR count). The maximum atomic E-state index is 3.49. The van der Waals surface area contributed by atoms with Gasteiger partial charge in [-0.2, -0.15) is 0 Å². The summed E-state index contributed by atoms with van der Waals surface area (Å²) in [6.45, 7) is 1.13. The van der Waals surface area contributed by atoms with Crippen molar-refractivity contribution < 1.29 is 0 Å². The minimum atomic E-state index is 0.678. The van der Waals surface area contributed by atoms with Crippen LogP contribution in [0.4, 0.5) is 5.69 Å². The lowest BCUT2D eigenvalue weighted by molar-refractivity contribution is 0.523. The zero-order valence-electron chi connectivity index (χ0n) is 7.53. The Bertz CT molecular complexity index is 354. The van der Waals surface area contributed by atoms with E-state index in [0.717, 1.165) is 12.5 Å². The highest BCUT2D eigenvalue weighted by Crippen LogP contribution is 2.41. The topological polar surface area (TPSA) is 12.0 Å². The molecular weight excluding hydrogens is 158 g/mol. The van der Waals surface area contributed by atoms with Gasteiger partial charge in [0.25, 0.3) is 0 Å². The highest BCUT2D eigenvalue weighted by atomic mass is 14.9. The van der Waals surface area contributed by atoms with E-state index in [9.17, 15) is 0 Å². The number of hydrogen-bond donors (Lipinski definition) is 1. The lowest BCUT2D eigenvalue weighted by Gasteiger charge is -2.29. The third-order valence-corrected chi connectivity index (χ3v) is 3.16. The first-order valence-electron chi connectivity index (χ1n) is 4.94. The number of nitrogens with one attached hydrogen (secondary N) is 1. The van der Waals surface area contributed by atoms with Gasteiger partial charge in [-0.25, -0.2) is 0 Å². The number of para-hydroxylation sites is 1. The predicted molar refractivity (Wildman–Crippen MR) is 54.9 cm³/mol. The number of anilines is 1. The molecule has 0 fully saturated rings. The fraction of sp³-hybridized carbons (Fsp3) is 0.333. The lowest BCUT2D eigenvalue weighted by Crippen LogP contribution is -2.23. The number of rotatable bonds is 0. The van der Waals surface area contributed by atoms with Crippen LogP contribution in [0.25, 0.3) is 0 Å². The maximum Gasteiger partial charge on any atom is 0.0378 e. The summed E-state index contributed by atoms with van der Waals surface area (Å²) in [6.07, 6.45) is 5.93. The fourth-order valence-electron chi connectivity index (χ4n) is 2.46. The van der Waals surface area contributed by atoms with Gasteiger partial charge in [-0.3, -0.25) is 0 Å². The minimum Gasteiger partial charge on any atom is -0.384 e. The number of hydrogen-bond acceptors (Lipinski definition) is 1. The molecule has 1 aromatic rings. The Kier molecular flexibility index (Phi) is 1.45. The minimum absolute atomic E-state index is 0.678. The van der Waals surface area contributed by atoms with Crippen molar-refractivity contribution in [1.82, 2.24) is 0 Å². The molecule has 1 N–H and O–H groups in total. The van der Waals surface area contributed by atoms with Crippen molar-refractivity contribution in [2.24, 2.45) is 5.92 Å². The van der Waals surface area contributed by atoms with E-state index in [1.807, 2.05) is 0 Å². The molecule has 0 radical (unpaired) electrons.